The van der Waals surface area contributed by atoms with Crippen LogP contribution in [-0.2, 0) is 0 Å². The minimum atomic E-state index is -0.411. The number of rotatable bonds is 6. The molecule has 0 atom stereocenters. The van der Waals surface area contributed by atoms with Gasteiger partial charge in [-0.25, -0.2) is 4.39 Å². The Morgan fingerprint density at radius 3 is 2.76 bits per heavy atom. The molecule has 0 bridgehead atoms. The van der Waals surface area contributed by atoms with Crippen LogP contribution in [0, 0.1) is 11.7 Å². The van der Waals surface area contributed by atoms with Gasteiger partial charge in [0.05, 0.1) is 6.20 Å². The molecule has 0 amide bonds. The van der Waals surface area contributed by atoms with E-state index in [1.54, 1.807) is 0 Å². The zero-order valence-electron chi connectivity index (χ0n) is 12.9. The van der Waals surface area contributed by atoms with E-state index in [9.17, 15) is 9.18 Å². The summed E-state index contributed by atoms with van der Waals surface area (Å²) in [6.45, 7) is 4.09. The monoisotopic (exact) mass is 293 g/mol. The van der Waals surface area contributed by atoms with Crippen molar-refractivity contribution in [3.63, 3.8) is 0 Å². The first-order valence-electron chi connectivity index (χ1n) is 7.56. The van der Waals surface area contributed by atoms with Gasteiger partial charge in [0.2, 0.25) is 0 Å². The SMILES string of the molecule is CN1CCC(CN(C)CCC(=O)c2ccc(F)cn2)CC1. The third-order valence-corrected chi connectivity index (χ3v) is 4.14. The van der Waals surface area contributed by atoms with Crippen molar-refractivity contribution in [1.29, 1.82) is 0 Å². The van der Waals surface area contributed by atoms with E-state index >= 15 is 0 Å². The summed E-state index contributed by atoms with van der Waals surface area (Å²) in [6.07, 6.45) is 3.99. The third kappa shape index (κ3) is 5.17. The molecule has 0 saturated carbocycles. The quantitative estimate of drug-likeness (QED) is 0.752. The molecule has 0 radical (unpaired) electrons. The molecular weight excluding hydrogens is 269 g/mol. The molecule has 1 aromatic rings. The van der Waals surface area contributed by atoms with Crippen LogP contribution in [0.1, 0.15) is 29.8 Å². The van der Waals surface area contributed by atoms with Gasteiger partial charge >= 0.3 is 0 Å². The van der Waals surface area contributed by atoms with Crippen LogP contribution in [0.15, 0.2) is 18.3 Å². The maximum absolute atomic E-state index is 12.8. The fourth-order valence-corrected chi connectivity index (χ4v) is 2.74. The number of likely N-dealkylation sites (tertiary alicyclic amines) is 1. The Bertz CT molecular complexity index is 455. The van der Waals surface area contributed by atoms with Crippen LogP contribution in [-0.4, -0.2) is 60.8 Å². The van der Waals surface area contributed by atoms with E-state index < -0.39 is 5.82 Å². The first-order valence-corrected chi connectivity index (χ1v) is 7.56. The maximum atomic E-state index is 12.8. The van der Waals surface area contributed by atoms with Gasteiger partial charge in [-0.3, -0.25) is 9.78 Å². The lowest BCUT2D eigenvalue weighted by atomic mass is 9.96. The van der Waals surface area contributed by atoms with Gasteiger partial charge in [-0.15, -0.1) is 0 Å². The van der Waals surface area contributed by atoms with Gasteiger partial charge in [0.1, 0.15) is 11.5 Å². The van der Waals surface area contributed by atoms with Crippen LogP contribution in [0.2, 0.25) is 0 Å². The van der Waals surface area contributed by atoms with Crippen LogP contribution in [0.4, 0.5) is 4.39 Å². The lowest BCUT2D eigenvalue weighted by molar-refractivity contribution is 0.0956. The standard InChI is InChI=1S/C16H24FN3O/c1-19-8-5-13(6-9-19)12-20(2)10-7-16(21)15-4-3-14(17)11-18-15/h3-4,11,13H,5-10,12H2,1-2H3. The number of hydrogen-bond donors (Lipinski definition) is 0. The number of aromatic nitrogens is 1. The van der Waals surface area contributed by atoms with E-state index in [0.29, 0.717) is 12.1 Å². The molecule has 0 spiro atoms. The Kier molecular flexibility index (Phi) is 5.82. The number of piperidine rings is 1. The molecule has 1 fully saturated rings. The number of ketones is 1. The smallest absolute Gasteiger partial charge is 0.182 e. The fourth-order valence-electron chi connectivity index (χ4n) is 2.74. The number of hydrogen-bond acceptors (Lipinski definition) is 4. The third-order valence-electron chi connectivity index (χ3n) is 4.14. The van der Waals surface area contributed by atoms with Crippen LogP contribution < -0.4 is 0 Å². The van der Waals surface area contributed by atoms with Gasteiger partial charge in [-0.1, -0.05) is 0 Å². The van der Waals surface area contributed by atoms with Crippen LogP contribution in [0.25, 0.3) is 0 Å². The highest BCUT2D eigenvalue weighted by atomic mass is 19.1. The Morgan fingerprint density at radius 2 is 2.14 bits per heavy atom. The number of carbonyl (C=O) groups is 1. The highest BCUT2D eigenvalue weighted by molar-refractivity contribution is 5.94. The predicted molar refractivity (Wildman–Crippen MR) is 80.9 cm³/mol. The minimum Gasteiger partial charge on any atom is -0.306 e. The predicted octanol–water partition coefficient (Wildman–Crippen LogP) is 2.07. The minimum absolute atomic E-state index is 0.0229. The van der Waals surface area contributed by atoms with E-state index in [1.165, 1.54) is 25.0 Å². The second kappa shape index (κ2) is 7.61. The lowest BCUT2D eigenvalue weighted by Crippen LogP contribution is -2.36. The number of Topliss-reactive ketones (excluding diaryl/α,β-unsaturated/α-hetero) is 1. The van der Waals surface area contributed by atoms with E-state index in [2.05, 4.69) is 28.9 Å². The van der Waals surface area contributed by atoms with E-state index in [0.717, 1.165) is 38.3 Å². The van der Waals surface area contributed by atoms with E-state index in [4.69, 9.17) is 0 Å². The summed E-state index contributed by atoms with van der Waals surface area (Å²) < 4.78 is 12.8. The molecule has 2 heterocycles. The molecule has 0 aromatic carbocycles. The van der Waals surface area contributed by atoms with Crippen molar-refractivity contribution in [3.8, 4) is 0 Å². The van der Waals surface area contributed by atoms with Gasteiger partial charge in [-0.2, -0.15) is 0 Å². The van der Waals surface area contributed by atoms with Gasteiger partial charge in [0.25, 0.3) is 0 Å². The van der Waals surface area contributed by atoms with Gasteiger partial charge in [0.15, 0.2) is 5.78 Å². The average Bonchev–Trinajstić information content (AvgIpc) is 2.48. The van der Waals surface area contributed by atoms with Crippen molar-refractivity contribution < 1.29 is 9.18 Å². The van der Waals surface area contributed by atoms with Crippen molar-refractivity contribution in [2.45, 2.75) is 19.3 Å². The number of carbonyl (C=O) groups excluding carboxylic acids is 1. The Balaban J connectivity index is 1.72. The van der Waals surface area contributed by atoms with Crippen LogP contribution in [0.5, 0.6) is 0 Å². The molecule has 1 aliphatic rings. The molecule has 2 rings (SSSR count). The first kappa shape index (κ1) is 16.0. The van der Waals surface area contributed by atoms with E-state index in [1.807, 2.05) is 0 Å². The number of nitrogens with zero attached hydrogens (tertiary/aromatic N) is 3. The highest BCUT2D eigenvalue weighted by Crippen LogP contribution is 2.16. The summed E-state index contributed by atoms with van der Waals surface area (Å²) in [4.78, 5) is 20.4. The second-order valence-corrected chi connectivity index (χ2v) is 6.04. The summed E-state index contributed by atoms with van der Waals surface area (Å²) in [5, 5.41) is 0. The molecule has 1 aliphatic heterocycles. The van der Waals surface area contributed by atoms with Crippen molar-refractivity contribution >= 4 is 5.78 Å². The molecule has 0 N–H and O–H groups in total. The Hall–Kier alpha value is -1.33. The molecule has 1 aromatic heterocycles. The molecule has 1 saturated heterocycles. The molecule has 4 nitrogen and oxygen atoms in total. The average molecular weight is 293 g/mol. The highest BCUT2D eigenvalue weighted by Gasteiger charge is 2.18. The normalized spacial score (nSPS) is 17.3. The van der Waals surface area contributed by atoms with Gasteiger partial charge < -0.3 is 9.80 Å². The molecule has 21 heavy (non-hydrogen) atoms. The summed E-state index contributed by atoms with van der Waals surface area (Å²) in [5.74, 6) is 0.293. The van der Waals surface area contributed by atoms with Crippen molar-refractivity contribution in [2.24, 2.45) is 5.92 Å². The van der Waals surface area contributed by atoms with E-state index in [-0.39, 0.29) is 5.78 Å². The zero-order chi connectivity index (χ0) is 15.2. The summed E-state index contributed by atoms with van der Waals surface area (Å²) >= 11 is 0. The Labute approximate surface area is 126 Å². The topological polar surface area (TPSA) is 36.4 Å². The summed E-state index contributed by atoms with van der Waals surface area (Å²) in [7, 11) is 4.22. The molecule has 116 valence electrons. The largest absolute Gasteiger partial charge is 0.306 e. The van der Waals surface area contributed by atoms with Crippen LogP contribution in [0.3, 0.4) is 0 Å². The van der Waals surface area contributed by atoms with Crippen molar-refractivity contribution in [1.82, 2.24) is 14.8 Å². The lowest BCUT2D eigenvalue weighted by Gasteiger charge is -2.31. The zero-order valence-corrected chi connectivity index (χ0v) is 12.9. The van der Waals surface area contributed by atoms with Crippen molar-refractivity contribution in [3.05, 3.63) is 29.8 Å². The van der Waals surface area contributed by atoms with Gasteiger partial charge in [-0.05, 0) is 58.1 Å². The molecule has 5 heteroatoms. The number of pyridine rings is 1. The van der Waals surface area contributed by atoms with Crippen LogP contribution >= 0.6 is 0 Å². The first-order chi connectivity index (χ1) is 10.0. The Morgan fingerprint density at radius 1 is 1.43 bits per heavy atom. The van der Waals surface area contributed by atoms with Gasteiger partial charge in [0, 0.05) is 19.5 Å². The fraction of sp³-hybridized carbons (Fsp3) is 0.625. The summed E-state index contributed by atoms with van der Waals surface area (Å²) in [6, 6.07) is 2.73. The summed E-state index contributed by atoms with van der Waals surface area (Å²) in [5.41, 5.74) is 0.351. The maximum Gasteiger partial charge on any atom is 0.182 e. The molecular formula is C16H24FN3O. The molecule has 0 unspecified atom stereocenters. The molecule has 0 aliphatic carbocycles. The van der Waals surface area contributed by atoms with Crippen molar-refractivity contribution in [2.75, 3.05) is 40.3 Å². The second-order valence-electron chi connectivity index (χ2n) is 6.04. The number of halogens is 1.